The van der Waals surface area contributed by atoms with Gasteiger partial charge in [-0.3, -0.25) is 9.59 Å². The third-order valence-electron chi connectivity index (χ3n) is 6.55. The summed E-state index contributed by atoms with van der Waals surface area (Å²) in [5.41, 5.74) is 3.71. The Hall–Kier alpha value is -3.85. The number of carbonyl (C=O) groups is 1. The van der Waals surface area contributed by atoms with Gasteiger partial charge in [0.25, 0.3) is 11.5 Å². The zero-order valence-corrected chi connectivity index (χ0v) is 17.8. The molecule has 6 nitrogen and oxygen atoms in total. The van der Waals surface area contributed by atoms with Crippen molar-refractivity contribution in [3.63, 3.8) is 0 Å². The summed E-state index contributed by atoms with van der Waals surface area (Å²) in [5, 5.41) is 8.98. The monoisotopic (exact) mass is 425 g/mol. The number of hydrogen-bond donors (Lipinski definition) is 0. The molecule has 0 radical (unpaired) electrons. The Morgan fingerprint density at radius 1 is 1.00 bits per heavy atom. The fraction of sp³-hybridized carbons (Fsp3) is 0.269. The van der Waals surface area contributed by atoms with Crippen LogP contribution in [0.1, 0.15) is 34.0 Å². The van der Waals surface area contributed by atoms with E-state index in [1.807, 2.05) is 45.9 Å². The quantitative estimate of drug-likeness (QED) is 0.642. The molecule has 5 rings (SSSR count). The van der Waals surface area contributed by atoms with Crippen LogP contribution in [-0.4, -0.2) is 35.6 Å². The van der Waals surface area contributed by atoms with E-state index < -0.39 is 0 Å². The van der Waals surface area contributed by atoms with Gasteiger partial charge >= 0.3 is 0 Å². The molecule has 1 fully saturated rings. The van der Waals surface area contributed by atoms with E-state index in [1.165, 1.54) is 0 Å². The SMILES string of the molecule is COc1ccc(-c2ccc3n(c2=O)C[C@@H]2C[C@@H]3CN(C(=O)c3ccc(C#N)cc3)C2)cc1. The molecule has 32 heavy (non-hydrogen) atoms. The molecule has 2 aliphatic heterocycles. The number of piperidine rings is 1. The number of pyridine rings is 1. The largest absolute Gasteiger partial charge is 0.497 e. The van der Waals surface area contributed by atoms with Gasteiger partial charge in [-0.1, -0.05) is 12.1 Å². The van der Waals surface area contributed by atoms with Crippen molar-refractivity contribution in [3.05, 3.63) is 87.8 Å². The minimum absolute atomic E-state index is 0.0187. The van der Waals surface area contributed by atoms with Gasteiger partial charge in [0.05, 0.1) is 18.7 Å². The summed E-state index contributed by atoms with van der Waals surface area (Å²) in [7, 11) is 1.62. The van der Waals surface area contributed by atoms with Crippen LogP contribution in [0.25, 0.3) is 11.1 Å². The zero-order chi connectivity index (χ0) is 22.2. The van der Waals surface area contributed by atoms with Crippen molar-refractivity contribution in [2.24, 2.45) is 5.92 Å². The van der Waals surface area contributed by atoms with Gasteiger partial charge in [-0.2, -0.15) is 5.26 Å². The van der Waals surface area contributed by atoms with Crippen LogP contribution in [0.5, 0.6) is 5.75 Å². The normalized spacial score (nSPS) is 19.1. The Kier molecular flexibility index (Phi) is 5.02. The Morgan fingerprint density at radius 3 is 2.44 bits per heavy atom. The molecule has 0 spiro atoms. The van der Waals surface area contributed by atoms with Gasteiger partial charge in [0.1, 0.15) is 5.75 Å². The van der Waals surface area contributed by atoms with Gasteiger partial charge in [-0.05, 0) is 66.4 Å². The van der Waals surface area contributed by atoms with Crippen LogP contribution < -0.4 is 10.3 Å². The van der Waals surface area contributed by atoms with E-state index in [2.05, 4.69) is 6.07 Å². The lowest BCUT2D eigenvalue weighted by Crippen LogP contribution is -2.49. The molecule has 3 heterocycles. The summed E-state index contributed by atoms with van der Waals surface area (Å²) in [5.74, 6) is 1.12. The molecule has 2 atom stereocenters. The van der Waals surface area contributed by atoms with Gasteiger partial charge in [0.2, 0.25) is 0 Å². The number of benzene rings is 2. The second-order valence-corrected chi connectivity index (χ2v) is 8.51. The van der Waals surface area contributed by atoms with E-state index in [-0.39, 0.29) is 23.3 Å². The predicted octanol–water partition coefficient (Wildman–Crippen LogP) is 3.66. The van der Waals surface area contributed by atoms with Crippen molar-refractivity contribution < 1.29 is 9.53 Å². The lowest BCUT2D eigenvalue weighted by Gasteiger charge is -2.43. The molecule has 2 aromatic carbocycles. The van der Waals surface area contributed by atoms with Crippen molar-refractivity contribution in [1.82, 2.24) is 9.47 Å². The number of rotatable bonds is 3. The van der Waals surface area contributed by atoms with Gasteiger partial charge in [-0.15, -0.1) is 0 Å². The maximum atomic E-state index is 13.3. The average Bonchev–Trinajstić information content (AvgIpc) is 2.84. The van der Waals surface area contributed by atoms with Crippen molar-refractivity contribution >= 4 is 5.91 Å². The standard InChI is InChI=1S/C26H23N3O3/c1-32-22-8-6-19(7-9-22)23-10-11-24-21-12-18(15-29(24)26(23)31)14-28(16-21)25(30)20-4-2-17(13-27)3-5-20/h2-11,18,21H,12,14-16H2,1H3/t18-,21-/m1/s1. The molecular weight excluding hydrogens is 402 g/mol. The van der Waals surface area contributed by atoms with E-state index >= 15 is 0 Å². The summed E-state index contributed by atoms with van der Waals surface area (Å²) in [6, 6.07) is 20.3. The number of nitriles is 1. The molecule has 3 aromatic rings. The van der Waals surface area contributed by atoms with E-state index in [4.69, 9.17) is 10.00 Å². The topological polar surface area (TPSA) is 75.3 Å². The fourth-order valence-electron chi connectivity index (χ4n) is 4.97. The third-order valence-corrected chi connectivity index (χ3v) is 6.55. The number of ether oxygens (including phenoxy) is 1. The number of fused-ring (bicyclic) bond motifs is 4. The summed E-state index contributed by atoms with van der Waals surface area (Å²) in [4.78, 5) is 28.3. The number of carbonyl (C=O) groups excluding carboxylic acids is 1. The van der Waals surface area contributed by atoms with Gasteiger partial charge in [0, 0.05) is 42.4 Å². The number of nitrogens with zero attached hydrogens (tertiary/aromatic N) is 3. The van der Waals surface area contributed by atoms with Gasteiger partial charge in [-0.25, -0.2) is 0 Å². The third kappa shape index (κ3) is 3.46. The molecule has 1 aromatic heterocycles. The highest BCUT2D eigenvalue weighted by Gasteiger charge is 2.37. The first-order valence-electron chi connectivity index (χ1n) is 10.7. The first-order chi connectivity index (χ1) is 15.6. The van der Waals surface area contributed by atoms with Crippen LogP contribution in [0.2, 0.25) is 0 Å². The number of likely N-dealkylation sites (tertiary alicyclic amines) is 1. The molecule has 0 N–H and O–H groups in total. The minimum atomic E-state index is -0.0187. The highest BCUT2D eigenvalue weighted by molar-refractivity contribution is 5.94. The average molecular weight is 425 g/mol. The Labute approximate surface area is 186 Å². The lowest BCUT2D eigenvalue weighted by atomic mass is 9.82. The van der Waals surface area contributed by atoms with E-state index in [0.717, 1.165) is 23.4 Å². The van der Waals surface area contributed by atoms with Crippen LogP contribution in [0.4, 0.5) is 0 Å². The summed E-state index contributed by atoms with van der Waals surface area (Å²) < 4.78 is 7.12. The number of amides is 1. The van der Waals surface area contributed by atoms with Crippen LogP contribution in [0, 0.1) is 17.2 Å². The van der Waals surface area contributed by atoms with Crippen molar-refractivity contribution in [2.45, 2.75) is 18.9 Å². The molecular formula is C26H23N3O3. The Morgan fingerprint density at radius 2 is 1.75 bits per heavy atom. The van der Waals surface area contributed by atoms with Crippen LogP contribution >= 0.6 is 0 Å². The number of aromatic nitrogens is 1. The first-order valence-corrected chi connectivity index (χ1v) is 10.7. The molecule has 0 aliphatic carbocycles. The van der Waals surface area contributed by atoms with Crippen LogP contribution in [0.15, 0.2) is 65.5 Å². The van der Waals surface area contributed by atoms with E-state index in [1.54, 1.807) is 31.4 Å². The Bertz CT molecular complexity index is 1270. The van der Waals surface area contributed by atoms with Crippen LogP contribution in [0.3, 0.4) is 0 Å². The highest BCUT2D eigenvalue weighted by Crippen LogP contribution is 2.36. The second kappa shape index (κ2) is 8.01. The van der Waals surface area contributed by atoms with Gasteiger partial charge < -0.3 is 14.2 Å². The molecule has 1 saturated heterocycles. The smallest absolute Gasteiger partial charge is 0.258 e. The maximum absolute atomic E-state index is 13.3. The predicted molar refractivity (Wildman–Crippen MR) is 121 cm³/mol. The molecule has 0 saturated carbocycles. The molecule has 2 bridgehead atoms. The van der Waals surface area contributed by atoms with Crippen LogP contribution in [-0.2, 0) is 6.54 Å². The Balaban J connectivity index is 1.42. The highest BCUT2D eigenvalue weighted by atomic mass is 16.5. The van der Waals surface area contributed by atoms with Crippen molar-refractivity contribution in [3.8, 4) is 22.9 Å². The lowest BCUT2D eigenvalue weighted by molar-refractivity contribution is 0.0594. The molecule has 160 valence electrons. The molecule has 0 unspecified atom stereocenters. The maximum Gasteiger partial charge on any atom is 0.258 e. The number of methoxy groups -OCH3 is 1. The molecule has 6 heteroatoms. The fourth-order valence-corrected chi connectivity index (χ4v) is 4.97. The van der Waals surface area contributed by atoms with Crippen molar-refractivity contribution in [2.75, 3.05) is 20.2 Å². The van der Waals surface area contributed by atoms with Crippen molar-refractivity contribution in [1.29, 1.82) is 5.26 Å². The first kappa shape index (κ1) is 20.1. The molecule has 1 amide bonds. The second-order valence-electron chi connectivity index (χ2n) is 8.51. The van der Waals surface area contributed by atoms with E-state index in [9.17, 15) is 9.59 Å². The summed E-state index contributed by atoms with van der Waals surface area (Å²) in [6.45, 7) is 1.84. The number of hydrogen-bond acceptors (Lipinski definition) is 4. The molecule has 2 aliphatic rings. The van der Waals surface area contributed by atoms with E-state index in [0.29, 0.717) is 36.3 Å². The summed E-state index contributed by atoms with van der Waals surface area (Å²) >= 11 is 0. The zero-order valence-electron chi connectivity index (χ0n) is 17.8. The minimum Gasteiger partial charge on any atom is -0.497 e. The summed E-state index contributed by atoms with van der Waals surface area (Å²) in [6.07, 6.45) is 0.985. The van der Waals surface area contributed by atoms with Gasteiger partial charge in [0.15, 0.2) is 0 Å².